The van der Waals surface area contributed by atoms with Crippen molar-refractivity contribution >= 4 is 23.7 Å². The molecule has 0 aliphatic carbocycles. The Hall–Kier alpha value is -5.70. The van der Waals surface area contributed by atoms with Crippen LogP contribution in [0.3, 0.4) is 0 Å². The molecule has 0 radical (unpaired) electrons. The minimum absolute atomic E-state index is 0.0433. The van der Waals surface area contributed by atoms with Gasteiger partial charge in [0.05, 0.1) is 19.1 Å². The Morgan fingerprint density at radius 2 is 1.29 bits per heavy atom. The zero-order valence-electron chi connectivity index (χ0n) is 30.9. The molecule has 0 bridgehead atoms. The van der Waals surface area contributed by atoms with E-state index in [4.69, 9.17) is 14.5 Å². The van der Waals surface area contributed by atoms with Crippen LogP contribution in [0.25, 0.3) is 0 Å². The summed E-state index contributed by atoms with van der Waals surface area (Å²) < 4.78 is 13.0. The van der Waals surface area contributed by atoms with Gasteiger partial charge in [-0.15, -0.1) is 0 Å². The Bertz CT molecular complexity index is 1840. The number of amides is 2. The van der Waals surface area contributed by atoms with E-state index >= 15 is 0 Å². The predicted octanol–water partition coefficient (Wildman–Crippen LogP) is 7.70. The number of esters is 1. The monoisotopic (exact) mass is 700 g/mol. The first-order valence-electron chi connectivity index (χ1n) is 17.5. The molecule has 2 atom stereocenters. The lowest BCUT2D eigenvalue weighted by Gasteiger charge is -2.37. The first-order chi connectivity index (χ1) is 24.8. The van der Waals surface area contributed by atoms with E-state index < -0.39 is 41.2 Å². The van der Waals surface area contributed by atoms with Crippen LogP contribution in [0, 0.1) is 12.8 Å². The van der Waals surface area contributed by atoms with Crippen LogP contribution >= 0.6 is 0 Å². The van der Waals surface area contributed by atoms with Crippen LogP contribution in [0.5, 0.6) is 0 Å². The molecule has 1 N–H and O–H groups in total. The van der Waals surface area contributed by atoms with Crippen LogP contribution in [0.4, 0.5) is 10.5 Å². The van der Waals surface area contributed by atoms with E-state index in [0.29, 0.717) is 11.4 Å². The Morgan fingerprint density at radius 1 is 0.788 bits per heavy atom. The normalized spacial score (nSPS) is 12.8. The minimum atomic E-state index is -1.10. The summed E-state index contributed by atoms with van der Waals surface area (Å²) in [6.45, 7) is 11.0. The second-order valence-electron chi connectivity index (χ2n) is 14.2. The second-order valence-corrected chi connectivity index (χ2v) is 14.2. The number of nitrogens with zero attached hydrogens (tertiary/aromatic N) is 3. The molecule has 270 valence electrons. The van der Waals surface area contributed by atoms with Gasteiger partial charge in [-0.2, -0.15) is 0 Å². The van der Waals surface area contributed by atoms with Gasteiger partial charge in [-0.3, -0.25) is 9.69 Å². The van der Waals surface area contributed by atoms with Gasteiger partial charge in [0.1, 0.15) is 23.2 Å². The van der Waals surface area contributed by atoms with Crippen LogP contribution in [-0.2, 0) is 31.0 Å². The molecule has 0 saturated carbocycles. The predicted molar refractivity (Wildman–Crippen MR) is 203 cm³/mol. The fraction of sp³-hybridized carbons (Fsp3) is 0.302. The molecule has 5 aromatic rings. The van der Waals surface area contributed by atoms with E-state index in [-0.39, 0.29) is 12.3 Å². The molecule has 0 spiro atoms. The lowest BCUT2D eigenvalue weighted by Crippen LogP contribution is -2.57. The number of methoxy groups -OCH3 is 1. The molecule has 0 aliphatic rings. The van der Waals surface area contributed by atoms with Gasteiger partial charge >= 0.3 is 12.1 Å². The van der Waals surface area contributed by atoms with Crippen molar-refractivity contribution in [2.75, 3.05) is 12.0 Å². The van der Waals surface area contributed by atoms with Crippen LogP contribution < -0.4 is 10.2 Å². The van der Waals surface area contributed by atoms with Crippen LogP contribution in [0.1, 0.15) is 62.6 Å². The molecule has 1 heterocycles. The van der Waals surface area contributed by atoms with Crippen molar-refractivity contribution in [2.24, 2.45) is 5.92 Å². The number of imidazole rings is 1. The Labute approximate surface area is 306 Å². The Kier molecular flexibility index (Phi) is 11.6. The maximum absolute atomic E-state index is 14.3. The molecule has 1 aromatic heterocycles. The summed E-state index contributed by atoms with van der Waals surface area (Å²) in [5.74, 6) is -1.51. The first kappa shape index (κ1) is 37.6. The van der Waals surface area contributed by atoms with E-state index in [9.17, 15) is 14.4 Å². The molecular formula is C43H48N4O5. The average Bonchev–Trinajstić information content (AvgIpc) is 3.59. The number of hydrogen-bond donors (Lipinski definition) is 1. The van der Waals surface area contributed by atoms with E-state index in [1.54, 1.807) is 39.2 Å². The summed E-state index contributed by atoms with van der Waals surface area (Å²) in [6, 6.07) is 35.8. The summed E-state index contributed by atoms with van der Waals surface area (Å²) in [5.41, 5.74) is 3.52. The van der Waals surface area contributed by atoms with Gasteiger partial charge in [0.2, 0.25) is 5.91 Å². The van der Waals surface area contributed by atoms with Gasteiger partial charge in [-0.1, -0.05) is 123 Å². The SMILES string of the molecule is COC(=O)[C@H](Cc1cn(C(c2ccccc2)(c2ccccc2)c2ccccc2)cn1)NC(=O)[C@H](C(C)C)N(C(=O)OC(C)(C)C)c1ccc(C)cc1. The molecule has 2 amide bonds. The maximum Gasteiger partial charge on any atom is 0.415 e. The molecule has 5 rings (SSSR count). The average molecular weight is 701 g/mol. The Balaban J connectivity index is 1.53. The highest BCUT2D eigenvalue weighted by Gasteiger charge is 2.40. The summed E-state index contributed by atoms with van der Waals surface area (Å²) in [7, 11) is 1.28. The molecule has 0 aliphatic heterocycles. The van der Waals surface area contributed by atoms with Gasteiger partial charge in [0, 0.05) is 18.3 Å². The number of carbonyl (C=O) groups excluding carboxylic acids is 3. The van der Waals surface area contributed by atoms with Crippen molar-refractivity contribution in [3.05, 3.63) is 156 Å². The van der Waals surface area contributed by atoms with Crippen molar-refractivity contribution in [2.45, 2.75) is 71.2 Å². The number of aromatic nitrogens is 2. The second kappa shape index (κ2) is 16.1. The van der Waals surface area contributed by atoms with E-state index in [1.807, 2.05) is 93.7 Å². The highest BCUT2D eigenvalue weighted by atomic mass is 16.6. The number of aryl methyl sites for hydroxylation is 1. The molecule has 9 nitrogen and oxygen atoms in total. The molecule has 9 heteroatoms. The van der Waals surface area contributed by atoms with Gasteiger partial charge in [-0.25, -0.2) is 14.6 Å². The lowest BCUT2D eigenvalue weighted by molar-refractivity contribution is -0.145. The van der Waals surface area contributed by atoms with Crippen molar-refractivity contribution in [1.82, 2.24) is 14.9 Å². The molecule has 0 unspecified atom stereocenters. The zero-order valence-corrected chi connectivity index (χ0v) is 30.9. The summed E-state index contributed by atoms with van der Waals surface area (Å²) >= 11 is 0. The summed E-state index contributed by atoms with van der Waals surface area (Å²) in [5, 5.41) is 2.91. The van der Waals surface area contributed by atoms with Crippen LogP contribution in [-0.4, -0.2) is 52.3 Å². The molecule has 4 aromatic carbocycles. The third-order valence-corrected chi connectivity index (χ3v) is 8.89. The summed E-state index contributed by atoms with van der Waals surface area (Å²) in [6.07, 6.45) is 3.05. The highest BCUT2D eigenvalue weighted by molar-refractivity contribution is 5.99. The van der Waals surface area contributed by atoms with Crippen molar-refractivity contribution in [3.63, 3.8) is 0 Å². The number of rotatable bonds is 12. The van der Waals surface area contributed by atoms with Crippen molar-refractivity contribution < 1.29 is 23.9 Å². The largest absolute Gasteiger partial charge is 0.467 e. The Morgan fingerprint density at radius 3 is 1.73 bits per heavy atom. The molecular weight excluding hydrogens is 652 g/mol. The van der Waals surface area contributed by atoms with E-state index in [0.717, 1.165) is 22.3 Å². The topological polar surface area (TPSA) is 103 Å². The smallest absolute Gasteiger partial charge is 0.415 e. The number of anilines is 1. The zero-order chi connectivity index (χ0) is 37.5. The molecule has 52 heavy (non-hydrogen) atoms. The summed E-state index contributed by atoms with van der Waals surface area (Å²) in [4.78, 5) is 47.5. The number of carbonyl (C=O) groups is 3. The maximum atomic E-state index is 14.3. The number of benzene rings is 4. The van der Waals surface area contributed by atoms with E-state index in [2.05, 4.69) is 46.3 Å². The standard InChI is InChI=1S/C43H48N4O5/c1-30(2)38(47(41(50)52-42(4,5)6)36-25-23-31(3)24-26-36)39(48)45-37(40(49)51-7)27-35-28-46(29-44-35)43(32-17-11-8-12-18-32,33-19-13-9-14-20-33)34-21-15-10-16-22-34/h8-26,28-30,37-38H,27H2,1-7H3,(H,45,48)/t37-,38-/m0/s1. The van der Waals surface area contributed by atoms with Crippen molar-refractivity contribution in [1.29, 1.82) is 0 Å². The highest BCUT2D eigenvalue weighted by Crippen LogP contribution is 2.41. The lowest BCUT2D eigenvalue weighted by atomic mass is 9.77. The third kappa shape index (κ3) is 8.26. The number of ether oxygens (including phenoxy) is 2. The van der Waals surface area contributed by atoms with Gasteiger partial charge in [0.25, 0.3) is 0 Å². The van der Waals surface area contributed by atoms with Gasteiger partial charge in [0.15, 0.2) is 0 Å². The van der Waals surface area contributed by atoms with Crippen LogP contribution in [0.15, 0.2) is 128 Å². The van der Waals surface area contributed by atoms with Crippen LogP contribution in [0.2, 0.25) is 0 Å². The number of hydrogen-bond acceptors (Lipinski definition) is 6. The molecule has 0 saturated heterocycles. The third-order valence-electron chi connectivity index (χ3n) is 8.89. The first-order valence-corrected chi connectivity index (χ1v) is 17.5. The molecule has 0 fully saturated rings. The van der Waals surface area contributed by atoms with Crippen molar-refractivity contribution in [3.8, 4) is 0 Å². The van der Waals surface area contributed by atoms with Gasteiger partial charge < -0.3 is 19.4 Å². The minimum Gasteiger partial charge on any atom is -0.467 e. The quantitative estimate of drug-likeness (QED) is 0.106. The fourth-order valence-corrected chi connectivity index (χ4v) is 6.55. The van der Waals surface area contributed by atoms with E-state index in [1.165, 1.54) is 12.0 Å². The number of nitrogens with one attached hydrogen (secondary N) is 1. The van der Waals surface area contributed by atoms with Gasteiger partial charge in [-0.05, 0) is 62.4 Å². The fourth-order valence-electron chi connectivity index (χ4n) is 6.55.